The van der Waals surface area contributed by atoms with Gasteiger partial charge in [0.25, 0.3) is 0 Å². The van der Waals surface area contributed by atoms with Gasteiger partial charge in [0.15, 0.2) is 0 Å². The van der Waals surface area contributed by atoms with Crippen LogP contribution < -0.4 is 0 Å². The van der Waals surface area contributed by atoms with Gasteiger partial charge in [0, 0.05) is 0 Å². The number of rotatable bonds is 1. The molecule has 0 heteroatoms. The highest BCUT2D eigenvalue weighted by molar-refractivity contribution is 4.87. The summed E-state index contributed by atoms with van der Waals surface area (Å²) in [7, 11) is 0. The zero-order chi connectivity index (χ0) is 9.07. The first-order valence-corrected chi connectivity index (χ1v) is 5.01. The van der Waals surface area contributed by atoms with Crippen LogP contribution in [-0.4, -0.2) is 0 Å². The Balaban J connectivity index is 0.000000461. The van der Waals surface area contributed by atoms with Crippen molar-refractivity contribution in [2.24, 2.45) is 17.3 Å². The van der Waals surface area contributed by atoms with E-state index in [9.17, 15) is 0 Å². The zero-order valence-electron chi connectivity index (χ0n) is 9.07. The Morgan fingerprint density at radius 2 is 1.45 bits per heavy atom. The normalized spacial score (nSPS) is 22.1. The van der Waals surface area contributed by atoms with Crippen LogP contribution in [0.2, 0.25) is 0 Å². The summed E-state index contributed by atoms with van der Waals surface area (Å²) in [5, 5.41) is 0. The van der Waals surface area contributed by atoms with E-state index in [-0.39, 0.29) is 0 Å². The van der Waals surface area contributed by atoms with Crippen molar-refractivity contribution in [2.75, 3.05) is 0 Å². The molecular formula is C11H24. The average molecular weight is 156 g/mol. The second-order valence-corrected chi connectivity index (χ2v) is 4.58. The van der Waals surface area contributed by atoms with E-state index in [1.54, 1.807) is 0 Å². The van der Waals surface area contributed by atoms with Crippen LogP contribution in [-0.2, 0) is 0 Å². The molecule has 0 atom stereocenters. The van der Waals surface area contributed by atoms with Crippen molar-refractivity contribution >= 4 is 0 Å². The molecule has 0 nitrogen and oxygen atoms in total. The Labute approximate surface area is 72.4 Å². The molecule has 0 N–H and O–H groups in total. The summed E-state index contributed by atoms with van der Waals surface area (Å²) < 4.78 is 0. The summed E-state index contributed by atoms with van der Waals surface area (Å²) >= 11 is 0. The Kier molecular flexibility index (Phi) is 4.13. The minimum absolute atomic E-state index is 0.676. The van der Waals surface area contributed by atoms with E-state index in [4.69, 9.17) is 0 Å². The van der Waals surface area contributed by atoms with Gasteiger partial charge in [-0.1, -0.05) is 41.5 Å². The molecule has 0 radical (unpaired) electrons. The summed E-state index contributed by atoms with van der Waals surface area (Å²) in [5.41, 5.74) is 0.676. The third-order valence-electron chi connectivity index (χ3n) is 2.57. The molecule has 1 fully saturated rings. The molecule has 0 saturated heterocycles. The van der Waals surface area contributed by atoms with Crippen molar-refractivity contribution in [3.05, 3.63) is 0 Å². The molecule has 11 heavy (non-hydrogen) atoms. The molecule has 0 unspecified atom stereocenters. The van der Waals surface area contributed by atoms with Gasteiger partial charge in [-0.25, -0.2) is 0 Å². The van der Waals surface area contributed by atoms with E-state index in [0.29, 0.717) is 5.41 Å². The topological polar surface area (TPSA) is 0 Å². The van der Waals surface area contributed by atoms with Gasteiger partial charge in [0.2, 0.25) is 0 Å². The van der Waals surface area contributed by atoms with Crippen LogP contribution in [0.5, 0.6) is 0 Å². The fourth-order valence-electron chi connectivity index (χ4n) is 1.83. The van der Waals surface area contributed by atoms with Gasteiger partial charge in [-0.05, 0) is 30.1 Å². The predicted molar refractivity (Wildman–Crippen MR) is 52.7 cm³/mol. The molecular weight excluding hydrogens is 132 g/mol. The van der Waals surface area contributed by atoms with Crippen molar-refractivity contribution in [1.82, 2.24) is 0 Å². The minimum atomic E-state index is 0.676. The molecule has 0 amide bonds. The largest absolute Gasteiger partial charge is 0.0683 e. The molecule has 0 bridgehead atoms. The zero-order valence-corrected chi connectivity index (χ0v) is 9.07. The van der Waals surface area contributed by atoms with Gasteiger partial charge in [-0.15, -0.1) is 0 Å². The lowest BCUT2D eigenvalue weighted by molar-refractivity contribution is 0.0615. The first-order chi connectivity index (χ1) is 5.01. The minimum Gasteiger partial charge on any atom is -0.0683 e. The fourth-order valence-corrected chi connectivity index (χ4v) is 1.83. The van der Waals surface area contributed by atoms with Crippen molar-refractivity contribution in [2.45, 2.75) is 54.4 Å². The van der Waals surface area contributed by atoms with Crippen LogP contribution in [0.3, 0.4) is 0 Å². The molecule has 0 aromatic rings. The number of hydrogen-bond acceptors (Lipinski definition) is 0. The van der Waals surface area contributed by atoms with Crippen molar-refractivity contribution in [3.63, 3.8) is 0 Å². The molecule has 1 rings (SSSR count). The predicted octanol–water partition coefficient (Wildman–Crippen LogP) is 4.10. The lowest BCUT2D eigenvalue weighted by atomic mass is 9.61. The van der Waals surface area contributed by atoms with Crippen molar-refractivity contribution in [3.8, 4) is 0 Å². The molecule has 0 aromatic carbocycles. The smallest absolute Gasteiger partial charge is 0.0349 e. The van der Waals surface area contributed by atoms with Crippen LogP contribution in [0.4, 0.5) is 0 Å². The van der Waals surface area contributed by atoms with Gasteiger partial charge in [-0.3, -0.25) is 0 Å². The standard InChI is InChI=1S/C9H18.C2H6/c1-7(2)8-5-9(3,4)6-8;1-2/h7-8H,5-6H2,1-4H3;1-2H3. The van der Waals surface area contributed by atoms with E-state index >= 15 is 0 Å². The van der Waals surface area contributed by atoms with Crippen LogP contribution in [0.1, 0.15) is 54.4 Å². The Morgan fingerprint density at radius 1 is 1.09 bits per heavy atom. The molecule has 68 valence electrons. The average Bonchev–Trinajstić information content (AvgIpc) is 1.87. The van der Waals surface area contributed by atoms with Crippen molar-refractivity contribution in [1.29, 1.82) is 0 Å². The van der Waals surface area contributed by atoms with Crippen molar-refractivity contribution < 1.29 is 0 Å². The molecule has 1 aliphatic carbocycles. The second kappa shape index (κ2) is 4.13. The molecule has 0 aliphatic heterocycles. The third-order valence-corrected chi connectivity index (χ3v) is 2.57. The maximum atomic E-state index is 2.37. The number of hydrogen-bond donors (Lipinski definition) is 0. The van der Waals surface area contributed by atoms with Gasteiger partial charge in [0.05, 0.1) is 0 Å². The third kappa shape index (κ3) is 3.27. The van der Waals surface area contributed by atoms with Gasteiger partial charge in [0.1, 0.15) is 0 Å². The Bertz CT molecular complexity index is 92.6. The summed E-state index contributed by atoms with van der Waals surface area (Å²) in [6.07, 6.45) is 2.90. The highest BCUT2D eigenvalue weighted by Gasteiger charge is 2.37. The summed E-state index contributed by atoms with van der Waals surface area (Å²) in [6.45, 7) is 13.4. The van der Waals surface area contributed by atoms with E-state index in [0.717, 1.165) is 11.8 Å². The second-order valence-electron chi connectivity index (χ2n) is 4.58. The van der Waals surface area contributed by atoms with Crippen LogP contribution in [0, 0.1) is 17.3 Å². The van der Waals surface area contributed by atoms with E-state index < -0.39 is 0 Å². The SMILES string of the molecule is CC.CC(C)C1CC(C)(C)C1. The lowest BCUT2D eigenvalue weighted by Crippen LogP contribution is -2.34. The first-order valence-electron chi connectivity index (χ1n) is 5.01. The van der Waals surface area contributed by atoms with Gasteiger partial charge < -0.3 is 0 Å². The lowest BCUT2D eigenvalue weighted by Gasteiger charge is -2.45. The quantitative estimate of drug-likeness (QED) is 0.536. The summed E-state index contributed by atoms with van der Waals surface area (Å²) in [6, 6.07) is 0. The Hall–Kier alpha value is 0. The summed E-state index contributed by atoms with van der Waals surface area (Å²) in [5.74, 6) is 1.94. The molecule has 0 spiro atoms. The monoisotopic (exact) mass is 156 g/mol. The van der Waals surface area contributed by atoms with Gasteiger partial charge >= 0.3 is 0 Å². The van der Waals surface area contributed by atoms with Gasteiger partial charge in [-0.2, -0.15) is 0 Å². The fraction of sp³-hybridized carbons (Fsp3) is 1.00. The van der Waals surface area contributed by atoms with Crippen LogP contribution in [0.25, 0.3) is 0 Å². The van der Waals surface area contributed by atoms with E-state index in [1.807, 2.05) is 13.8 Å². The molecule has 1 aliphatic rings. The molecule has 0 aromatic heterocycles. The maximum Gasteiger partial charge on any atom is -0.0349 e. The van der Waals surface area contributed by atoms with Crippen LogP contribution >= 0.6 is 0 Å². The Morgan fingerprint density at radius 3 is 1.55 bits per heavy atom. The highest BCUT2D eigenvalue weighted by Crippen LogP contribution is 2.47. The maximum absolute atomic E-state index is 2.37. The first kappa shape index (κ1) is 11.0. The van der Waals surface area contributed by atoms with E-state index in [2.05, 4.69) is 27.7 Å². The van der Waals surface area contributed by atoms with E-state index in [1.165, 1.54) is 12.8 Å². The molecule has 0 heterocycles. The molecule has 1 saturated carbocycles. The summed E-state index contributed by atoms with van der Waals surface area (Å²) in [4.78, 5) is 0. The van der Waals surface area contributed by atoms with Crippen LogP contribution in [0.15, 0.2) is 0 Å². The highest BCUT2D eigenvalue weighted by atomic mass is 14.4.